The van der Waals surface area contributed by atoms with Gasteiger partial charge < -0.3 is 24.2 Å². The molecule has 1 fully saturated rings. The maximum atomic E-state index is 12.6. The summed E-state index contributed by atoms with van der Waals surface area (Å²) in [6.45, 7) is 0.692. The molecule has 7 heteroatoms. The Morgan fingerprint density at radius 1 is 1.09 bits per heavy atom. The highest BCUT2D eigenvalue weighted by atomic mass is 35.5. The van der Waals surface area contributed by atoms with Crippen LogP contribution < -0.4 is 9.47 Å². The van der Waals surface area contributed by atoms with E-state index in [1.54, 1.807) is 14.2 Å². The molecule has 1 aliphatic carbocycles. The molecule has 0 saturated heterocycles. The fourth-order valence-electron chi connectivity index (χ4n) is 4.44. The van der Waals surface area contributed by atoms with Gasteiger partial charge in [-0.3, -0.25) is 4.79 Å². The van der Waals surface area contributed by atoms with Gasteiger partial charge in [-0.15, -0.1) is 12.4 Å². The quantitative estimate of drug-likeness (QED) is 0.600. The lowest BCUT2D eigenvalue weighted by Gasteiger charge is -2.44. The van der Waals surface area contributed by atoms with Gasteiger partial charge in [-0.2, -0.15) is 0 Å². The van der Waals surface area contributed by atoms with Crippen molar-refractivity contribution in [1.29, 1.82) is 0 Å². The number of benzene rings is 2. The molecule has 1 saturated carbocycles. The molecule has 0 radical (unpaired) electrons. The maximum absolute atomic E-state index is 12.6. The third-order valence-electron chi connectivity index (χ3n) is 6.01. The highest BCUT2D eigenvalue weighted by molar-refractivity contribution is 5.85. The van der Waals surface area contributed by atoms with E-state index in [9.17, 15) is 9.90 Å². The third kappa shape index (κ3) is 6.37. The first-order valence-electron chi connectivity index (χ1n) is 10.7. The van der Waals surface area contributed by atoms with Crippen LogP contribution in [0.5, 0.6) is 11.5 Å². The van der Waals surface area contributed by atoms with E-state index in [0.29, 0.717) is 25.8 Å². The summed E-state index contributed by atoms with van der Waals surface area (Å²) in [7, 11) is 7.21. The fraction of sp³-hybridized carbons (Fsp3) is 0.480. The zero-order chi connectivity index (χ0) is 22.4. The zero-order valence-electron chi connectivity index (χ0n) is 19.2. The highest BCUT2D eigenvalue weighted by Gasteiger charge is 2.44. The number of hydrogen-bond acceptors (Lipinski definition) is 6. The van der Waals surface area contributed by atoms with Crippen molar-refractivity contribution >= 4 is 18.4 Å². The van der Waals surface area contributed by atoms with Gasteiger partial charge in [-0.1, -0.05) is 24.3 Å². The predicted octanol–water partition coefficient (Wildman–Crippen LogP) is 3.83. The minimum absolute atomic E-state index is 0. The summed E-state index contributed by atoms with van der Waals surface area (Å²) < 4.78 is 16.4. The van der Waals surface area contributed by atoms with E-state index < -0.39 is 5.60 Å². The average Bonchev–Trinajstić information content (AvgIpc) is 2.76. The van der Waals surface area contributed by atoms with Gasteiger partial charge in [-0.25, -0.2) is 0 Å². The number of carbonyl (C=O) groups excluding carboxylic acids is 1. The number of rotatable bonds is 8. The summed E-state index contributed by atoms with van der Waals surface area (Å²) in [5.74, 6) is 1.12. The van der Waals surface area contributed by atoms with Crippen molar-refractivity contribution < 1.29 is 24.1 Å². The number of esters is 1. The molecule has 3 rings (SSSR count). The van der Waals surface area contributed by atoms with Crippen molar-refractivity contribution in [2.24, 2.45) is 5.92 Å². The predicted molar refractivity (Wildman–Crippen MR) is 127 cm³/mol. The van der Waals surface area contributed by atoms with Gasteiger partial charge >= 0.3 is 5.97 Å². The molecule has 2 aromatic rings. The molecular formula is C25H34ClNO5. The SMILES string of the molecule is COc1cccc(CC(=O)OC2CCC(O)(c3cccc(OC)c3)C(CN(C)C)C2)c1.Cl. The first kappa shape index (κ1) is 26.0. The molecule has 176 valence electrons. The van der Waals surface area contributed by atoms with Crippen LogP contribution in [0.25, 0.3) is 0 Å². The zero-order valence-corrected chi connectivity index (χ0v) is 20.1. The van der Waals surface area contributed by atoms with Crippen molar-refractivity contribution in [3.63, 3.8) is 0 Å². The van der Waals surface area contributed by atoms with E-state index in [2.05, 4.69) is 4.90 Å². The molecule has 3 atom stereocenters. The molecule has 1 aliphatic rings. The average molecular weight is 464 g/mol. The van der Waals surface area contributed by atoms with Crippen molar-refractivity contribution in [3.05, 3.63) is 59.7 Å². The Morgan fingerprint density at radius 2 is 1.75 bits per heavy atom. The van der Waals surface area contributed by atoms with Crippen molar-refractivity contribution in [2.45, 2.75) is 37.4 Å². The Morgan fingerprint density at radius 3 is 2.41 bits per heavy atom. The number of ether oxygens (including phenoxy) is 3. The summed E-state index contributed by atoms with van der Waals surface area (Å²) in [4.78, 5) is 14.6. The normalized spacial score (nSPS) is 22.7. The first-order valence-corrected chi connectivity index (χ1v) is 10.7. The topological polar surface area (TPSA) is 68.2 Å². The van der Waals surface area contributed by atoms with E-state index in [0.717, 1.165) is 22.6 Å². The van der Waals surface area contributed by atoms with Gasteiger partial charge in [0.05, 0.1) is 26.2 Å². The summed E-state index contributed by atoms with van der Waals surface area (Å²) in [6.07, 6.45) is 1.73. The summed E-state index contributed by atoms with van der Waals surface area (Å²) in [6, 6.07) is 15.1. The molecular weight excluding hydrogens is 430 g/mol. The van der Waals surface area contributed by atoms with E-state index in [1.807, 2.05) is 62.6 Å². The molecule has 3 unspecified atom stereocenters. The first-order chi connectivity index (χ1) is 14.8. The number of carbonyl (C=O) groups is 1. The Labute approximate surface area is 196 Å². The Bertz CT molecular complexity index is 890. The molecule has 1 N–H and O–H groups in total. The van der Waals surface area contributed by atoms with Crippen LogP contribution in [0, 0.1) is 5.92 Å². The standard InChI is InChI=1S/C25H33NO5.ClH/c1-26(2)17-20-16-23(31-24(27)14-18-7-5-9-21(13-18)29-3)11-12-25(20,28)19-8-6-10-22(15-19)30-4;/h5-10,13,15,20,23,28H,11-12,14,16-17H2,1-4H3;1H. The minimum Gasteiger partial charge on any atom is -0.497 e. The molecule has 6 nitrogen and oxygen atoms in total. The van der Waals surface area contributed by atoms with E-state index in [-0.39, 0.29) is 36.8 Å². The van der Waals surface area contributed by atoms with Crippen LogP contribution >= 0.6 is 12.4 Å². The smallest absolute Gasteiger partial charge is 0.310 e. The highest BCUT2D eigenvalue weighted by Crippen LogP contribution is 2.43. The van der Waals surface area contributed by atoms with Gasteiger partial charge in [0, 0.05) is 12.5 Å². The number of nitrogens with zero attached hydrogens (tertiary/aromatic N) is 1. The van der Waals surface area contributed by atoms with Crippen LogP contribution in [0.1, 0.15) is 30.4 Å². The second-order valence-corrected chi connectivity index (χ2v) is 8.53. The van der Waals surface area contributed by atoms with Gasteiger partial charge in [0.2, 0.25) is 0 Å². The number of halogens is 1. The lowest BCUT2D eigenvalue weighted by molar-refractivity contribution is -0.158. The Hall–Kier alpha value is -2.28. The van der Waals surface area contributed by atoms with Crippen molar-refractivity contribution in [2.75, 3.05) is 34.9 Å². The molecule has 0 spiro atoms. The summed E-state index contributed by atoms with van der Waals surface area (Å²) >= 11 is 0. The van der Waals surface area contributed by atoms with Crippen LogP contribution in [-0.2, 0) is 21.6 Å². The lowest BCUT2D eigenvalue weighted by Crippen LogP contribution is -2.47. The Kier molecular flexibility index (Phi) is 9.37. The van der Waals surface area contributed by atoms with Crippen LogP contribution in [-0.4, -0.2) is 56.9 Å². The number of methoxy groups -OCH3 is 2. The van der Waals surface area contributed by atoms with Crippen molar-refractivity contribution in [1.82, 2.24) is 4.90 Å². The van der Waals surface area contributed by atoms with Crippen molar-refractivity contribution in [3.8, 4) is 11.5 Å². The van der Waals surface area contributed by atoms with Crippen LogP contribution in [0.3, 0.4) is 0 Å². The third-order valence-corrected chi connectivity index (χ3v) is 6.01. The molecule has 2 aromatic carbocycles. The van der Waals surface area contributed by atoms with E-state index in [4.69, 9.17) is 14.2 Å². The molecule has 0 heterocycles. The van der Waals surface area contributed by atoms with Crippen LogP contribution in [0.15, 0.2) is 48.5 Å². The van der Waals surface area contributed by atoms with E-state index in [1.165, 1.54) is 0 Å². The monoisotopic (exact) mass is 463 g/mol. The summed E-state index contributed by atoms with van der Waals surface area (Å²) in [5, 5.41) is 11.7. The van der Waals surface area contributed by atoms with Gasteiger partial charge in [0.15, 0.2) is 0 Å². The summed E-state index contributed by atoms with van der Waals surface area (Å²) in [5.41, 5.74) is 0.715. The fourth-order valence-corrected chi connectivity index (χ4v) is 4.44. The van der Waals surface area contributed by atoms with Gasteiger partial charge in [0.1, 0.15) is 17.6 Å². The second-order valence-electron chi connectivity index (χ2n) is 8.53. The number of hydrogen-bond donors (Lipinski definition) is 1. The molecule has 32 heavy (non-hydrogen) atoms. The molecule has 0 aliphatic heterocycles. The molecule has 0 bridgehead atoms. The largest absolute Gasteiger partial charge is 0.497 e. The second kappa shape index (κ2) is 11.5. The van der Waals surface area contributed by atoms with Gasteiger partial charge in [0.25, 0.3) is 0 Å². The van der Waals surface area contributed by atoms with Crippen LogP contribution in [0.4, 0.5) is 0 Å². The van der Waals surface area contributed by atoms with Gasteiger partial charge in [-0.05, 0) is 68.8 Å². The minimum atomic E-state index is -0.992. The number of aliphatic hydroxyl groups is 1. The molecule has 0 aromatic heterocycles. The van der Waals surface area contributed by atoms with Crippen LogP contribution in [0.2, 0.25) is 0 Å². The maximum Gasteiger partial charge on any atom is 0.310 e. The molecule has 0 amide bonds. The Balaban J connectivity index is 0.00000363. The lowest BCUT2D eigenvalue weighted by atomic mass is 9.70. The van der Waals surface area contributed by atoms with E-state index >= 15 is 0 Å².